The summed E-state index contributed by atoms with van der Waals surface area (Å²) in [7, 11) is -3.14. The number of sulfonamides is 1. The van der Waals surface area contributed by atoms with E-state index in [4.69, 9.17) is 0 Å². The highest BCUT2D eigenvalue weighted by Crippen LogP contribution is 2.22. The molecule has 0 aliphatic heterocycles. The summed E-state index contributed by atoms with van der Waals surface area (Å²) in [4.78, 5) is 20.9. The Morgan fingerprint density at radius 2 is 2.09 bits per heavy atom. The second-order valence-electron chi connectivity index (χ2n) is 4.88. The van der Waals surface area contributed by atoms with E-state index >= 15 is 0 Å². The van der Waals surface area contributed by atoms with Crippen molar-refractivity contribution in [2.75, 3.05) is 7.11 Å². The molecule has 1 aromatic carbocycles. The predicted molar refractivity (Wildman–Crippen MR) is 78.6 cm³/mol. The number of nitrogens with zero attached hydrogens (tertiary/aromatic N) is 1. The van der Waals surface area contributed by atoms with Crippen molar-refractivity contribution in [3.05, 3.63) is 34.1 Å². The number of halogens is 1. The summed E-state index contributed by atoms with van der Waals surface area (Å²) in [5, 5.41) is 10.7. The van der Waals surface area contributed by atoms with E-state index in [0.29, 0.717) is 18.6 Å². The topological polar surface area (TPSA) is 116 Å². The molecular weight excluding hydrogens is 331 g/mol. The number of hydrogen-bond donors (Lipinski definition) is 1. The van der Waals surface area contributed by atoms with Gasteiger partial charge < -0.3 is 4.74 Å². The molecule has 0 amide bonds. The molecular formula is C13H17FN2O6S. The minimum Gasteiger partial charge on any atom is -0.468 e. The molecule has 0 aromatic heterocycles. The van der Waals surface area contributed by atoms with Gasteiger partial charge in [-0.05, 0) is 18.1 Å². The third kappa shape index (κ3) is 4.45. The fourth-order valence-corrected chi connectivity index (χ4v) is 3.11. The van der Waals surface area contributed by atoms with Crippen molar-refractivity contribution in [3.8, 4) is 0 Å². The van der Waals surface area contributed by atoms with Crippen LogP contribution in [0.15, 0.2) is 23.1 Å². The van der Waals surface area contributed by atoms with E-state index in [1.165, 1.54) is 0 Å². The van der Waals surface area contributed by atoms with Gasteiger partial charge in [0.2, 0.25) is 15.8 Å². The van der Waals surface area contributed by atoms with E-state index in [1.54, 1.807) is 13.8 Å². The lowest BCUT2D eigenvalue weighted by Crippen LogP contribution is -2.45. The van der Waals surface area contributed by atoms with Gasteiger partial charge in [0.15, 0.2) is 0 Å². The molecule has 2 atom stereocenters. The van der Waals surface area contributed by atoms with Crippen LogP contribution in [0.3, 0.4) is 0 Å². The maximum absolute atomic E-state index is 13.3. The minimum atomic E-state index is -4.26. The molecule has 23 heavy (non-hydrogen) atoms. The van der Waals surface area contributed by atoms with E-state index in [2.05, 4.69) is 9.46 Å². The molecule has 0 radical (unpaired) electrons. The van der Waals surface area contributed by atoms with Gasteiger partial charge in [0.1, 0.15) is 6.04 Å². The first-order valence-corrected chi connectivity index (χ1v) is 8.16. The Labute approximate surface area is 132 Å². The normalized spacial score (nSPS) is 14.1. The third-order valence-electron chi connectivity index (χ3n) is 3.37. The first-order valence-electron chi connectivity index (χ1n) is 6.68. The van der Waals surface area contributed by atoms with Gasteiger partial charge in [0.05, 0.1) is 16.9 Å². The molecule has 0 bridgehead atoms. The van der Waals surface area contributed by atoms with E-state index in [9.17, 15) is 27.7 Å². The highest BCUT2D eigenvalue weighted by Gasteiger charge is 2.31. The van der Waals surface area contributed by atoms with Crippen LogP contribution in [0.1, 0.15) is 20.3 Å². The highest BCUT2D eigenvalue weighted by atomic mass is 32.2. The Morgan fingerprint density at radius 3 is 2.57 bits per heavy atom. The summed E-state index contributed by atoms with van der Waals surface area (Å²) in [6, 6.07) is 1.01. The molecule has 0 fully saturated rings. The largest absolute Gasteiger partial charge is 0.468 e. The van der Waals surface area contributed by atoms with Crippen molar-refractivity contribution in [2.45, 2.75) is 31.2 Å². The number of methoxy groups -OCH3 is 1. The van der Waals surface area contributed by atoms with E-state index in [-0.39, 0.29) is 5.92 Å². The van der Waals surface area contributed by atoms with Crippen LogP contribution in [-0.4, -0.2) is 32.5 Å². The quantitative estimate of drug-likeness (QED) is 0.454. The highest BCUT2D eigenvalue weighted by molar-refractivity contribution is 7.89. The molecule has 8 nitrogen and oxygen atoms in total. The molecule has 0 saturated heterocycles. The number of esters is 1. The number of benzene rings is 1. The number of hydrogen-bond acceptors (Lipinski definition) is 6. The fourth-order valence-electron chi connectivity index (χ4n) is 1.79. The van der Waals surface area contributed by atoms with Crippen molar-refractivity contribution in [3.63, 3.8) is 0 Å². The molecule has 128 valence electrons. The molecule has 1 rings (SSSR count). The average molecular weight is 348 g/mol. The standard InChI is InChI=1S/C13H17FN2O6S/c1-4-8(2)12(13(17)22-3)15-23(20,21)9-5-6-10(14)11(7-9)16(18)19/h5-8,12,15H,4H2,1-3H3/t8-,12-/m1/s1. The molecule has 10 heteroatoms. The van der Waals surface area contributed by atoms with Crippen LogP contribution in [0.25, 0.3) is 0 Å². The van der Waals surface area contributed by atoms with Gasteiger partial charge in [-0.2, -0.15) is 9.11 Å². The minimum absolute atomic E-state index is 0.368. The molecule has 0 saturated carbocycles. The summed E-state index contributed by atoms with van der Waals surface area (Å²) >= 11 is 0. The van der Waals surface area contributed by atoms with E-state index in [1.807, 2.05) is 0 Å². The van der Waals surface area contributed by atoms with Gasteiger partial charge >= 0.3 is 11.7 Å². The Morgan fingerprint density at radius 1 is 1.48 bits per heavy atom. The molecule has 1 aromatic rings. The molecule has 0 heterocycles. The lowest BCUT2D eigenvalue weighted by Gasteiger charge is -2.21. The zero-order chi connectivity index (χ0) is 17.8. The van der Waals surface area contributed by atoms with Crippen LogP contribution in [0.5, 0.6) is 0 Å². The van der Waals surface area contributed by atoms with Crippen LogP contribution in [0.4, 0.5) is 10.1 Å². The lowest BCUT2D eigenvalue weighted by atomic mass is 10.0. The molecule has 0 aliphatic rings. The van der Waals surface area contributed by atoms with Gasteiger partial charge in [-0.15, -0.1) is 0 Å². The lowest BCUT2D eigenvalue weighted by molar-refractivity contribution is -0.387. The maximum atomic E-state index is 13.3. The number of rotatable bonds is 7. The van der Waals surface area contributed by atoms with Crippen LogP contribution in [-0.2, 0) is 19.6 Å². The van der Waals surface area contributed by atoms with E-state index < -0.39 is 43.4 Å². The number of nitro benzene ring substituents is 1. The molecule has 0 unspecified atom stereocenters. The van der Waals surface area contributed by atoms with Gasteiger partial charge in [-0.25, -0.2) is 8.42 Å². The van der Waals surface area contributed by atoms with Crippen molar-refractivity contribution in [1.29, 1.82) is 0 Å². The summed E-state index contributed by atoms with van der Waals surface area (Å²) in [5.41, 5.74) is -0.967. The third-order valence-corrected chi connectivity index (χ3v) is 4.81. The summed E-state index contributed by atoms with van der Waals surface area (Å²) in [6.45, 7) is 3.41. The molecule has 0 spiro atoms. The van der Waals surface area contributed by atoms with Crippen molar-refractivity contribution in [2.24, 2.45) is 5.92 Å². The smallest absolute Gasteiger partial charge is 0.324 e. The Kier molecular flexibility index (Phi) is 6.16. The first kappa shape index (κ1) is 19.0. The van der Waals surface area contributed by atoms with Crippen LogP contribution >= 0.6 is 0 Å². The monoisotopic (exact) mass is 348 g/mol. The van der Waals surface area contributed by atoms with Crippen molar-refractivity contribution in [1.82, 2.24) is 4.72 Å². The van der Waals surface area contributed by atoms with E-state index in [0.717, 1.165) is 13.2 Å². The number of carbonyl (C=O) groups is 1. The Hall–Kier alpha value is -2.07. The van der Waals surface area contributed by atoms with Gasteiger partial charge in [0, 0.05) is 6.07 Å². The Balaban J connectivity index is 3.22. The van der Waals surface area contributed by atoms with Gasteiger partial charge in [-0.3, -0.25) is 14.9 Å². The second kappa shape index (κ2) is 7.47. The number of carbonyl (C=O) groups excluding carboxylic acids is 1. The number of nitro groups is 1. The maximum Gasteiger partial charge on any atom is 0.324 e. The van der Waals surface area contributed by atoms with Gasteiger partial charge in [0.25, 0.3) is 0 Å². The fraction of sp³-hybridized carbons (Fsp3) is 0.462. The summed E-state index contributed by atoms with van der Waals surface area (Å²) < 4.78 is 44.6. The second-order valence-corrected chi connectivity index (χ2v) is 6.59. The molecule has 1 N–H and O–H groups in total. The van der Waals surface area contributed by atoms with Crippen LogP contribution in [0, 0.1) is 21.8 Å². The number of ether oxygens (including phenoxy) is 1. The number of nitrogens with one attached hydrogen (secondary N) is 1. The molecule has 0 aliphatic carbocycles. The SMILES string of the molecule is CC[C@@H](C)[C@@H](NS(=O)(=O)c1ccc(F)c([N+](=O)[O-])c1)C(=O)OC. The van der Waals surface area contributed by atoms with Crippen LogP contribution < -0.4 is 4.72 Å². The summed E-state index contributed by atoms with van der Waals surface area (Å²) in [6.07, 6.45) is 0.492. The average Bonchev–Trinajstić information content (AvgIpc) is 2.51. The zero-order valence-electron chi connectivity index (χ0n) is 12.8. The zero-order valence-corrected chi connectivity index (χ0v) is 13.6. The van der Waals surface area contributed by atoms with Crippen molar-refractivity contribution >= 4 is 21.7 Å². The predicted octanol–water partition coefficient (Wildman–Crippen LogP) is 1.60. The van der Waals surface area contributed by atoms with Crippen molar-refractivity contribution < 1.29 is 27.3 Å². The Bertz CT molecular complexity index is 706. The first-order chi connectivity index (χ1) is 10.6. The van der Waals surface area contributed by atoms with Crippen LogP contribution in [0.2, 0.25) is 0 Å². The summed E-state index contributed by atoms with van der Waals surface area (Å²) in [5.74, 6) is -2.30. The van der Waals surface area contributed by atoms with Gasteiger partial charge in [-0.1, -0.05) is 20.3 Å².